The van der Waals surface area contributed by atoms with Gasteiger partial charge < -0.3 is 5.11 Å². The second-order valence-corrected chi connectivity index (χ2v) is 4.67. The largest absolute Gasteiger partial charge is 0.384 e. The highest BCUT2D eigenvalue weighted by Gasteiger charge is 2.31. The van der Waals surface area contributed by atoms with Gasteiger partial charge >= 0.3 is 0 Å². The summed E-state index contributed by atoms with van der Waals surface area (Å²) in [6.45, 7) is 5.74. The Kier molecular flexibility index (Phi) is 2.98. The zero-order valence-electron chi connectivity index (χ0n) is 10.3. The minimum Gasteiger partial charge on any atom is -0.384 e. The molecule has 0 saturated carbocycles. The highest BCUT2D eigenvalue weighted by molar-refractivity contribution is 5.32. The van der Waals surface area contributed by atoms with Crippen molar-refractivity contribution in [1.82, 2.24) is 15.0 Å². The Morgan fingerprint density at radius 2 is 1.88 bits per heavy atom. The maximum absolute atomic E-state index is 10.5. The zero-order valence-corrected chi connectivity index (χ0v) is 10.3. The summed E-state index contributed by atoms with van der Waals surface area (Å²) in [6, 6.07) is 9.69. The summed E-state index contributed by atoms with van der Waals surface area (Å²) in [5.41, 5.74) is 0.666. The first-order valence-corrected chi connectivity index (χ1v) is 5.72. The van der Waals surface area contributed by atoms with Gasteiger partial charge in [-0.15, -0.1) is 5.10 Å². The monoisotopic (exact) mass is 231 g/mol. The molecule has 90 valence electrons. The maximum Gasteiger partial charge on any atom is 0.108 e. The quantitative estimate of drug-likeness (QED) is 0.880. The molecule has 2 rings (SSSR count). The Balaban J connectivity index is 2.50. The van der Waals surface area contributed by atoms with E-state index in [1.165, 1.54) is 0 Å². The number of aliphatic hydroxyl groups is 1. The van der Waals surface area contributed by atoms with Crippen LogP contribution in [-0.2, 0) is 5.60 Å². The van der Waals surface area contributed by atoms with Gasteiger partial charge in [-0.25, -0.2) is 4.68 Å². The normalized spacial score (nSPS) is 14.9. The van der Waals surface area contributed by atoms with E-state index >= 15 is 0 Å². The lowest BCUT2D eigenvalue weighted by Gasteiger charge is -2.27. The fourth-order valence-corrected chi connectivity index (χ4v) is 1.64. The van der Waals surface area contributed by atoms with Gasteiger partial charge in [0.25, 0.3) is 0 Å². The molecule has 0 fully saturated rings. The molecule has 2 aromatic rings. The van der Waals surface area contributed by atoms with E-state index in [-0.39, 0.29) is 5.92 Å². The predicted octanol–water partition coefficient (Wildman–Crippen LogP) is 2.13. The first kappa shape index (κ1) is 11.8. The van der Waals surface area contributed by atoms with E-state index < -0.39 is 5.60 Å². The third-order valence-corrected chi connectivity index (χ3v) is 3.19. The number of benzene rings is 1. The van der Waals surface area contributed by atoms with E-state index in [1.54, 1.807) is 17.8 Å². The average Bonchev–Trinajstić information content (AvgIpc) is 2.79. The van der Waals surface area contributed by atoms with Crippen LogP contribution in [-0.4, -0.2) is 20.1 Å². The van der Waals surface area contributed by atoms with Gasteiger partial charge in [0.15, 0.2) is 0 Å². The molecule has 0 amide bonds. The van der Waals surface area contributed by atoms with Crippen LogP contribution in [0.2, 0.25) is 0 Å². The lowest BCUT2D eigenvalue weighted by Crippen LogP contribution is -2.30. The molecule has 17 heavy (non-hydrogen) atoms. The third-order valence-electron chi connectivity index (χ3n) is 3.19. The molecule has 0 radical (unpaired) electrons. The summed E-state index contributed by atoms with van der Waals surface area (Å²) in [4.78, 5) is 0. The maximum atomic E-state index is 10.5. The van der Waals surface area contributed by atoms with Gasteiger partial charge in [0.05, 0.1) is 17.6 Å². The van der Waals surface area contributed by atoms with Crippen molar-refractivity contribution in [1.29, 1.82) is 0 Å². The number of hydrogen-bond donors (Lipinski definition) is 1. The third kappa shape index (κ3) is 2.08. The average molecular weight is 231 g/mol. The van der Waals surface area contributed by atoms with E-state index in [0.717, 1.165) is 5.69 Å². The summed E-state index contributed by atoms with van der Waals surface area (Å²) >= 11 is 0. The number of hydrogen-bond acceptors (Lipinski definition) is 3. The molecule has 1 N–H and O–H groups in total. The second-order valence-electron chi connectivity index (χ2n) is 4.67. The fraction of sp³-hybridized carbons (Fsp3) is 0.385. The zero-order chi connectivity index (χ0) is 12.5. The first-order valence-electron chi connectivity index (χ1n) is 5.72. The van der Waals surface area contributed by atoms with Gasteiger partial charge in [-0.2, -0.15) is 0 Å². The minimum absolute atomic E-state index is 0.0865. The Labute approximate surface area is 101 Å². The first-order chi connectivity index (χ1) is 8.03. The van der Waals surface area contributed by atoms with Gasteiger partial charge in [-0.05, 0) is 25.0 Å². The topological polar surface area (TPSA) is 50.9 Å². The van der Waals surface area contributed by atoms with Crippen molar-refractivity contribution < 1.29 is 5.11 Å². The van der Waals surface area contributed by atoms with E-state index in [4.69, 9.17) is 0 Å². The van der Waals surface area contributed by atoms with E-state index in [1.807, 2.05) is 44.2 Å². The molecule has 0 aliphatic heterocycles. The minimum atomic E-state index is -0.945. The standard InChI is InChI=1S/C13H17N3O/c1-10(2)13(3,17)12-9-14-15-16(12)11-7-5-4-6-8-11/h4-10,17H,1-3H3. The smallest absolute Gasteiger partial charge is 0.108 e. The van der Waals surface area contributed by atoms with E-state index in [9.17, 15) is 5.11 Å². The molecular weight excluding hydrogens is 214 g/mol. The van der Waals surface area contributed by atoms with E-state index in [2.05, 4.69) is 10.3 Å². The van der Waals surface area contributed by atoms with Crippen LogP contribution in [0.3, 0.4) is 0 Å². The van der Waals surface area contributed by atoms with Crippen molar-refractivity contribution in [2.75, 3.05) is 0 Å². The van der Waals surface area contributed by atoms with Crippen LogP contribution in [0.15, 0.2) is 36.5 Å². The molecule has 4 nitrogen and oxygen atoms in total. The molecule has 1 atom stereocenters. The van der Waals surface area contributed by atoms with Gasteiger partial charge in [0.1, 0.15) is 5.60 Å². The van der Waals surface area contributed by atoms with E-state index in [0.29, 0.717) is 5.69 Å². The number of nitrogens with zero attached hydrogens (tertiary/aromatic N) is 3. The Hall–Kier alpha value is -1.68. The summed E-state index contributed by atoms with van der Waals surface area (Å²) in [7, 11) is 0. The molecule has 0 aliphatic rings. The summed E-state index contributed by atoms with van der Waals surface area (Å²) in [6.07, 6.45) is 1.62. The number of para-hydroxylation sites is 1. The van der Waals surface area contributed by atoms with Gasteiger partial charge in [-0.1, -0.05) is 37.3 Å². The SMILES string of the molecule is CC(C)C(C)(O)c1cnnn1-c1ccccc1. The Morgan fingerprint density at radius 1 is 1.24 bits per heavy atom. The fourth-order valence-electron chi connectivity index (χ4n) is 1.64. The summed E-state index contributed by atoms with van der Waals surface area (Å²) < 4.78 is 1.68. The lowest BCUT2D eigenvalue weighted by atomic mass is 9.89. The van der Waals surface area contributed by atoms with Crippen molar-refractivity contribution in [3.05, 3.63) is 42.2 Å². The number of rotatable bonds is 3. The number of aromatic nitrogens is 3. The molecule has 1 aromatic carbocycles. The molecule has 0 saturated heterocycles. The van der Waals surface area contributed by atoms with Crippen LogP contribution in [0.4, 0.5) is 0 Å². The van der Waals surface area contributed by atoms with Crippen LogP contribution in [0.5, 0.6) is 0 Å². The lowest BCUT2D eigenvalue weighted by molar-refractivity contribution is 0.00264. The Morgan fingerprint density at radius 3 is 2.47 bits per heavy atom. The van der Waals surface area contributed by atoms with Crippen LogP contribution < -0.4 is 0 Å². The Bertz CT molecular complexity index is 488. The molecule has 4 heteroatoms. The van der Waals surface area contributed by atoms with Crippen molar-refractivity contribution in [3.63, 3.8) is 0 Å². The van der Waals surface area contributed by atoms with Crippen LogP contribution in [0, 0.1) is 5.92 Å². The highest BCUT2D eigenvalue weighted by atomic mass is 16.3. The van der Waals surface area contributed by atoms with Crippen LogP contribution in [0.25, 0.3) is 5.69 Å². The van der Waals surface area contributed by atoms with Crippen LogP contribution in [0.1, 0.15) is 26.5 Å². The molecule has 0 aliphatic carbocycles. The summed E-state index contributed by atoms with van der Waals surface area (Å²) in [5, 5.41) is 18.4. The van der Waals surface area contributed by atoms with Crippen molar-refractivity contribution in [2.24, 2.45) is 5.92 Å². The summed E-state index contributed by atoms with van der Waals surface area (Å²) in [5.74, 6) is 0.0865. The molecule has 0 bridgehead atoms. The van der Waals surface area contributed by atoms with Crippen LogP contribution >= 0.6 is 0 Å². The second kappa shape index (κ2) is 4.30. The van der Waals surface area contributed by atoms with Crippen molar-refractivity contribution in [3.8, 4) is 5.69 Å². The van der Waals surface area contributed by atoms with Gasteiger partial charge in [-0.3, -0.25) is 0 Å². The van der Waals surface area contributed by atoms with Crippen molar-refractivity contribution >= 4 is 0 Å². The van der Waals surface area contributed by atoms with Gasteiger partial charge in [0, 0.05) is 0 Å². The molecular formula is C13H17N3O. The molecule has 1 aromatic heterocycles. The predicted molar refractivity (Wildman–Crippen MR) is 65.8 cm³/mol. The molecule has 1 heterocycles. The van der Waals surface area contributed by atoms with Gasteiger partial charge in [0.2, 0.25) is 0 Å². The highest BCUT2D eigenvalue weighted by Crippen LogP contribution is 2.29. The molecule has 0 spiro atoms. The molecule has 1 unspecified atom stereocenters. The van der Waals surface area contributed by atoms with Crippen molar-refractivity contribution in [2.45, 2.75) is 26.4 Å².